The van der Waals surface area contributed by atoms with Crippen LogP contribution >= 0.6 is 23.2 Å². The van der Waals surface area contributed by atoms with Crippen LogP contribution in [0.4, 0.5) is 5.69 Å². The topological polar surface area (TPSA) is 105 Å². The van der Waals surface area contributed by atoms with E-state index in [0.717, 1.165) is 9.87 Å². The lowest BCUT2D eigenvalue weighted by Gasteiger charge is -2.34. The Kier molecular flexibility index (Phi) is 12.1. The molecule has 0 aliphatic rings. The van der Waals surface area contributed by atoms with E-state index in [1.807, 2.05) is 44.2 Å². The number of anilines is 1. The fraction of sp³-hybridized carbons (Fsp3) is 0.257. The van der Waals surface area contributed by atoms with Gasteiger partial charge in [-0.15, -0.1) is 0 Å². The van der Waals surface area contributed by atoms with Crippen molar-refractivity contribution in [3.05, 3.63) is 118 Å². The number of methoxy groups -OCH3 is 2. The summed E-state index contributed by atoms with van der Waals surface area (Å²) in [6.45, 7) is 3.07. The van der Waals surface area contributed by atoms with Gasteiger partial charge in [-0.05, 0) is 73.5 Å². The molecule has 9 nitrogen and oxygen atoms in total. The minimum Gasteiger partial charge on any atom is -0.493 e. The summed E-state index contributed by atoms with van der Waals surface area (Å²) in [5.74, 6) is -0.422. The molecule has 12 heteroatoms. The fourth-order valence-corrected chi connectivity index (χ4v) is 6.64. The lowest BCUT2D eigenvalue weighted by molar-refractivity contribution is -0.140. The Balaban J connectivity index is 1.82. The smallest absolute Gasteiger partial charge is 0.264 e. The second-order valence-electron chi connectivity index (χ2n) is 11.0. The molecule has 0 fully saturated rings. The molecule has 0 unspecified atom stereocenters. The van der Waals surface area contributed by atoms with Gasteiger partial charge in [0, 0.05) is 35.1 Å². The van der Waals surface area contributed by atoms with Crippen LogP contribution in [0.25, 0.3) is 0 Å². The molecule has 4 rings (SSSR count). The van der Waals surface area contributed by atoms with Crippen LogP contribution in [0.15, 0.2) is 102 Å². The van der Waals surface area contributed by atoms with Gasteiger partial charge < -0.3 is 19.7 Å². The van der Waals surface area contributed by atoms with E-state index in [2.05, 4.69) is 5.32 Å². The molecule has 0 aliphatic carbocycles. The monoisotopic (exact) mass is 697 g/mol. The van der Waals surface area contributed by atoms with Crippen LogP contribution in [0.5, 0.6) is 11.5 Å². The third-order valence-electron chi connectivity index (χ3n) is 7.30. The van der Waals surface area contributed by atoms with Crippen LogP contribution < -0.4 is 19.1 Å². The van der Waals surface area contributed by atoms with E-state index >= 15 is 0 Å². The van der Waals surface area contributed by atoms with Crippen molar-refractivity contribution in [3.63, 3.8) is 0 Å². The van der Waals surface area contributed by atoms with Crippen molar-refractivity contribution in [1.82, 2.24) is 10.2 Å². The Labute approximate surface area is 286 Å². The number of benzene rings is 4. The maximum Gasteiger partial charge on any atom is 0.264 e. The van der Waals surface area contributed by atoms with Gasteiger partial charge in [0.25, 0.3) is 10.0 Å². The Hall–Kier alpha value is -4.25. The summed E-state index contributed by atoms with van der Waals surface area (Å²) >= 11 is 12.3. The van der Waals surface area contributed by atoms with Gasteiger partial charge in [0.15, 0.2) is 11.5 Å². The van der Waals surface area contributed by atoms with Crippen LogP contribution in [0, 0.1) is 0 Å². The average Bonchev–Trinajstić information content (AvgIpc) is 3.06. The highest BCUT2D eigenvalue weighted by atomic mass is 35.5. The molecule has 0 heterocycles. The van der Waals surface area contributed by atoms with E-state index in [1.54, 1.807) is 24.3 Å². The van der Waals surface area contributed by atoms with Gasteiger partial charge >= 0.3 is 0 Å². The highest BCUT2D eigenvalue weighted by Crippen LogP contribution is 2.33. The van der Waals surface area contributed by atoms with Crippen LogP contribution in [-0.2, 0) is 32.6 Å². The zero-order chi connectivity index (χ0) is 34.1. The average molecular weight is 699 g/mol. The first kappa shape index (κ1) is 35.6. The molecule has 4 aromatic carbocycles. The van der Waals surface area contributed by atoms with Gasteiger partial charge in [-0.2, -0.15) is 0 Å². The first-order valence-electron chi connectivity index (χ1n) is 14.8. The largest absolute Gasteiger partial charge is 0.493 e. The molecule has 0 saturated carbocycles. The summed E-state index contributed by atoms with van der Waals surface area (Å²) in [5.41, 5.74) is 1.74. The molecule has 0 spiro atoms. The number of ether oxygens (including phenoxy) is 2. The minimum atomic E-state index is -4.37. The van der Waals surface area contributed by atoms with Crippen molar-refractivity contribution in [2.75, 3.05) is 25.1 Å². The van der Waals surface area contributed by atoms with Crippen LogP contribution in [-0.4, -0.2) is 58.0 Å². The number of carbonyl (C=O) groups is 2. The number of carbonyl (C=O) groups excluding carboxylic acids is 2. The van der Waals surface area contributed by atoms with E-state index in [4.69, 9.17) is 32.7 Å². The molecule has 0 saturated heterocycles. The zero-order valence-corrected chi connectivity index (χ0v) is 28.9. The molecule has 0 aliphatic heterocycles. The number of nitrogens with one attached hydrogen (secondary N) is 1. The quantitative estimate of drug-likeness (QED) is 0.164. The number of amides is 2. The Morgan fingerprint density at radius 3 is 1.96 bits per heavy atom. The lowest BCUT2D eigenvalue weighted by Crippen LogP contribution is -2.54. The third-order valence-corrected chi connectivity index (χ3v) is 9.58. The summed E-state index contributed by atoms with van der Waals surface area (Å²) in [6, 6.07) is 25.4. The third kappa shape index (κ3) is 9.18. The molecular formula is C35H37Cl2N3O6S. The van der Waals surface area contributed by atoms with Crippen molar-refractivity contribution >= 4 is 50.7 Å². The van der Waals surface area contributed by atoms with Crippen LogP contribution in [0.3, 0.4) is 0 Å². The number of halogens is 2. The van der Waals surface area contributed by atoms with Crippen molar-refractivity contribution in [1.29, 1.82) is 0 Å². The summed E-state index contributed by atoms with van der Waals surface area (Å²) in [6.07, 6.45) is 0.197. The van der Waals surface area contributed by atoms with Gasteiger partial charge in [0.05, 0.1) is 24.8 Å². The number of nitrogens with zero attached hydrogens (tertiary/aromatic N) is 2. The number of rotatable bonds is 14. The minimum absolute atomic E-state index is 0.0177. The van der Waals surface area contributed by atoms with E-state index in [1.165, 1.54) is 61.6 Å². The normalized spacial score (nSPS) is 11.9. The molecule has 2 amide bonds. The van der Waals surface area contributed by atoms with Crippen molar-refractivity contribution in [3.8, 4) is 11.5 Å². The fourth-order valence-electron chi connectivity index (χ4n) is 4.96. The van der Waals surface area contributed by atoms with E-state index in [-0.39, 0.29) is 41.2 Å². The van der Waals surface area contributed by atoms with Gasteiger partial charge in [-0.25, -0.2) is 8.42 Å². The standard InChI is InChI=1S/C35H37Cl2N3O6S/c1-24(2)38-35(42)31(20-25-8-6-5-7-9-25)39(22-26-10-12-27(36)13-11-26)34(41)23-40(29-16-14-28(37)15-17-29)47(43,44)30-18-19-32(45-3)33(21-30)46-4/h5-19,21,24,31H,20,22-23H2,1-4H3,(H,38,42)/t31-/m0/s1. The molecule has 248 valence electrons. The summed E-state index contributed by atoms with van der Waals surface area (Å²) in [4.78, 5) is 29.6. The molecule has 1 atom stereocenters. The predicted molar refractivity (Wildman–Crippen MR) is 185 cm³/mol. The predicted octanol–water partition coefficient (Wildman–Crippen LogP) is 6.37. The molecule has 47 heavy (non-hydrogen) atoms. The van der Waals surface area contributed by atoms with Gasteiger partial charge in [0.1, 0.15) is 12.6 Å². The van der Waals surface area contributed by atoms with Crippen molar-refractivity contribution in [2.24, 2.45) is 0 Å². The van der Waals surface area contributed by atoms with E-state index < -0.39 is 28.5 Å². The first-order chi connectivity index (χ1) is 22.4. The Morgan fingerprint density at radius 1 is 0.787 bits per heavy atom. The number of sulfonamides is 1. The van der Waals surface area contributed by atoms with E-state index in [0.29, 0.717) is 21.4 Å². The van der Waals surface area contributed by atoms with Gasteiger partial charge in [-0.3, -0.25) is 13.9 Å². The number of hydrogen-bond donors (Lipinski definition) is 1. The lowest BCUT2D eigenvalue weighted by atomic mass is 10.0. The molecule has 0 bridgehead atoms. The van der Waals surface area contributed by atoms with Crippen molar-refractivity contribution in [2.45, 2.75) is 43.8 Å². The van der Waals surface area contributed by atoms with Crippen molar-refractivity contribution < 1.29 is 27.5 Å². The van der Waals surface area contributed by atoms with Gasteiger partial charge in [0.2, 0.25) is 11.8 Å². The molecule has 1 N–H and O–H groups in total. The second kappa shape index (κ2) is 16.0. The van der Waals surface area contributed by atoms with E-state index in [9.17, 15) is 18.0 Å². The second-order valence-corrected chi connectivity index (χ2v) is 13.8. The SMILES string of the molecule is COc1ccc(S(=O)(=O)N(CC(=O)N(Cc2ccc(Cl)cc2)[C@@H](Cc2ccccc2)C(=O)NC(C)C)c2ccc(Cl)cc2)cc1OC. The van der Waals surface area contributed by atoms with Crippen LogP contribution in [0.1, 0.15) is 25.0 Å². The summed E-state index contributed by atoms with van der Waals surface area (Å²) < 4.78 is 40.3. The Morgan fingerprint density at radius 2 is 1.38 bits per heavy atom. The number of hydrogen-bond acceptors (Lipinski definition) is 6. The zero-order valence-electron chi connectivity index (χ0n) is 26.5. The summed E-state index contributed by atoms with van der Waals surface area (Å²) in [5, 5.41) is 3.84. The summed E-state index contributed by atoms with van der Waals surface area (Å²) in [7, 11) is -1.52. The molecule has 0 aromatic heterocycles. The van der Waals surface area contributed by atoms with Crippen LogP contribution in [0.2, 0.25) is 10.0 Å². The maximum absolute atomic E-state index is 14.5. The Bertz CT molecular complexity index is 1770. The first-order valence-corrected chi connectivity index (χ1v) is 17.0. The van der Waals surface area contributed by atoms with Gasteiger partial charge in [-0.1, -0.05) is 65.7 Å². The highest BCUT2D eigenvalue weighted by molar-refractivity contribution is 7.92. The maximum atomic E-state index is 14.5. The molecule has 0 radical (unpaired) electrons. The highest BCUT2D eigenvalue weighted by Gasteiger charge is 2.35. The molecular weight excluding hydrogens is 661 g/mol. The molecule has 4 aromatic rings.